The van der Waals surface area contributed by atoms with Gasteiger partial charge in [-0.3, -0.25) is 0 Å². The van der Waals surface area contributed by atoms with Gasteiger partial charge < -0.3 is 17.8 Å². The van der Waals surface area contributed by atoms with Crippen LogP contribution < -0.4 is 17.8 Å². The van der Waals surface area contributed by atoms with Crippen molar-refractivity contribution < 1.29 is 34.7 Å². The van der Waals surface area contributed by atoms with E-state index in [1.165, 1.54) is 18.2 Å². The van der Waals surface area contributed by atoms with Crippen molar-refractivity contribution >= 4 is 20.2 Å². The number of ether oxygens (including phenoxy) is 2. The van der Waals surface area contributed by atoms with E-state index >= 15 is 0 Å². The molecule has 0 saturated heterocycles. The number of fused-ring (bicyclic) bond motifs is 1. The van der Waals surface area contributed by atoms with Crippen LogP contribution in [0.2, 0.25) is 0 Å². The molecule has 0 fully saturated rings. The number of allylic oxidation sites excluding steroid dienone is 2. The molecule has 0 unspecified atom stereocenters. The molecular weight excluding hydrogens is 444 g/mol. The van der Waals surface area contributed by atoms with Crippen molar-refractivity contribution in [2.24, 2.45) is 0 Å². The van der Waals surface area contributed by atoms with Gasteiger partial charge in [-0.05, 0) is 41.3 Å². The molecule has 0 amide bonds. The minimum Gasteiger partial charge on any atom is -0.454 e. The fourth-order valence-corrected chi connectivity index (χ4v) is 3.86. The molecule has 0 N–H and O–H groups in total. The number of hydrogen-bond acceptors (Lipinski definition) is 8. The predicted molar refractivity (Wildman–Crippen MR) is 116 cm³/mol. The Morgan fingerprint density at radius 3 is 2.19 bits per heavy atom. The summed E-state index contributed by atoms with van der Waals surface area (Å²) in [6.07, 6.45) is 2.54. The SMILES string of the molecule is C=C(Cc1ccc2c(c1)OCO2)C(=C)Cc1ccc(OS(C)(=O)=O)cc1OS(C)(=O)=O. The van der Waals surface area contributed by atoms with Gasteiger partial charge >= 0.3 is 20.2 Å². The lowest BCUT2D eigenvalue weighted by Crippen LogP contribution is -2.10. The van der Waals surface area contributed by atoms with Gasteiger partial charge in [0.05, 0.1) is 12.5 Å². The molecule has 0 aromatic heterocycles. The van der Waals surface area contributed by atoms with Gasteiger partial charge in [-0.1, -0.05) is 25.3 Å². The Bertz CT molecular complexity index is 1240. The quantitative estimate of drug-likeness (QED) is 0.410. The zero-order valence-electron chi connectivity index (χ0n) is 17.1. The maximum absolute atomic E-state index is 11.7. The fraction of sp³-hybridized carbons (Fsp3) is 0.238. The number of benzene rings is 2. The zero-order valence-corrected chi connectivity index (χ0v) is 18.7. The van der Waals surface area contributed by atoms with Crippen molar-refractivity contribution in [2.45, 2.75) is 12.8 Å². The molecule has 10 heteroatoms. The Kier molecular flexibility index (Phi) is 6.33. The van der Waals surface area contributed by atoms with Crippen molar-refractivity contribution in [2.75, 3.05) is 19.3 Å². The minimum atomic E-state index is -3.85. The Morgan fingerprint density at radius 2 is 1.52 bits per heavy atom. The molecule has 0 saturated carbocycles. The monoisotopic (exact) mass is 466 g/mol. The lowest BCUT2D eigenvalue weighted by atomic mass is 9.95. The van der Waals surface area contributed by atoms with Crippen molar-refractivity contribution in [1.29, 1.82) is 0 Å². The summed E-state index contributed by atoms with van der Waals surface area (Å²) < 4.78 is 66.6. The highest BCUT2D eigenvalue weighted by Crippen LogP contribution is 2.34. The molecule has 0 spiro atoms. The average molecular weight is 467 g/mol. The molecule has 0 aliphatic carbocycles. The Labute approximate surface area is 182 Å². The summed E-state index contributed by atoms with van der Waals surface area (Å²) in [5.41, 5.74) is 2.84. The second-order valence-electron chi connectivity index (χ2n) is 7.09. The third-order valence-corrected chi connectivity index (χ3v) is 5.26. The van der Waals surface area contributed by atoms with Gasteiger partial charge in [-0.2, -0.15) is 16.8 Å². The van der Waals surface area contributed by atoms with E-state index in [9.17, 15) is 16.8 Å². The van der Waals surface area contributed by atoms with Gasteiger partial charge in [-0.25, -0.2) is 0 Å². The van der Waals surface area contributed by atoms with Gasteiger partial charge in [-0.15, -0.1) is 0 Å². The van der Waals surface area contributed by atoms with Gasteiger partial charge in [0.15, 0.2) is 11.5 Å². The van der Waals surface area contributed by atoms with Gasteiger partial charge in [0.1, 0.15) is 11.5 Å². The molecule has 3 rings (SSSR count). The summed E-state index contributed by atoms with van der Waals surface area (Å²) in [7, 11) is -7.64. The Morgan fingerprint density at radius 1 is 0.871 bits per heavy atom. The van der Waals surface area contributed by atoms with Crippen LogP contribution >= 0.6 is 0 Å². The van der Waals surface area contributed by atoms with E-state index in [0.717, 1.165) is 23.6 Å². The molecule has 31 heavy (non-hydrogen) atoms. The van der Waals surface area contributed by atoms with E-state index in [-0.39, 0.29) is 24.7 Å². The van der Waals surface area contributed by atoms with E-state index < -0.39 is 20.2 Å². The van der Waals surface area contributed by atoms with E-state index in [1.54, 1.807) is 0 Å². The van der Waals surface area contributed by atoms with Crippen LogP contribution in [0, 0.1) is 0 Å². The zero-order chi connectivity index (χ0) is 22.8. The minimum absolute atomic E-state index is 0.0410. The van der Waals surface area contributed by atoms with Crippen LogP contribution in [0.4, 0.5) is 0 Å². The number of rotatable bonds is 9. The molecule has 2 aromatic carbocycles. The molecule has 0 radical (unpaired) electrons. The van der Waals surface area contributed by atoms with E-state index in [0.29, 0.717) is 29.1 Å². The van der Waals surface area contributed by atoms with Crippen LogP contribution in [0.25, 0.3) is 0 Å². The van der Waals surface area contributed by atoms with Crippen molar-refractivity contribution in [3.63, 3.8) is 0 Å². The third-order valence-electron chi connectivity index (χ3n) is 4.29. The van der Waals surface area contributed by atoms with Crippen LogP contribution in [-0.4, -0.2) is 36.1 Å². The topological polar surface area (TPSA) is 105 Å². The molecule has 0 bridgehead atoms. The van der Waals surface area contributed by atoms with E-state index in [1.807, 2.05) is 18.2 Å². The van der Waals surface area contributed by atoms with Gasteiger partial charge in [0, 0.05) is 18.1 Å². The van der Waals surface area contributed by atoms with Crippen molar-refractivity contribution in [3.8, 4) is 23.0 Å². The van der Waals surface area contributed by atoms with Gasteiger partial charge in [0.25, 0.3) is 0 Å². The maximum atomic E-state index is 11.7. The Balaban J connectivity index is 1.77. The largest absolute Gasteiger partial charge is 0.454 e. The van der Waals surface area contributed by atoms with Crippen LogP contribution in [0.5, 0.6) is 23.0 Å². The highest BCUT2D eigenvalue weighted by Gasteiger charge is 2.17. The maximum Gasteiger partial charge on any atom is 0.306 e. The fourth-order valence-electron chi connectivity index (χ4n) is 2.93. The van der Waals surface area contributed by atoms with Crippen LogP contribution in [0.15, 0.2) is 60.7 Å². The van der Waals surface area contributed by atoms with E-state index in [2.05, 4.69) is 13.2 Å². The standard InChI is InChI=1S/C21H22O8S2/c1-14(9-16-5-8-19-21(11-16)27-13-26-19)15(2)10-17-6-7-18(28-30(3,22)23)12-20(17)29-31(4,24)25/h5-8,11-12H,1-2,9-10,13H2,3-4H3. The molecule has 166 valence electrons. The van der Waals surface area contributed by atoms with Gasteiger partial charge in [0.2, 0.25) is 6.79 Å². The smallest absolute Gasteiger partial charge is 0.306 e. The first-order valence-corrected chi connectivity index (χ1v) is 12.7. The molecule has 8 nitrogen and oxygen atoms in total. The summed E-state index contributed by atoms with van der Waals surface area (Å²) >= 11 is 0. The molecular formula is C21H22O8S2. The van der Waals surface area contributed by atoms with Crippen molar-refractivity contribution in [1.82, 2.24) is 0 Å². The summed E-state index contributed by atoms with van der Waals surface area (Å²) in [4.78, 5) is 0. The molecule has 1 heterocycles. The molecule has 1 aliphatic heterocycles. The lowest BCUT2D eigenvalue weighted by molar-refractivity contribution is 0.174. The first-order chi connectivity index (χ1) is 14.4. The third kappa shape index (κ3) is 6.50. The second kappa shape index (κ2) is 8.64. The highest BCUT2D eigenvalue weighted by molar-refractivity contribution is 7.86. The van der Waals surface area contributed by atoms with Crippen LogP contribution in [0.3, 0.4) is 0 Å². The normalized spacial score (nSPS) is 13.0. The van der Waals surface area contributed by atoms with Crippen LogP contribution in [0.1, 0.15) is 11.1 Å². The Hall–Kier alpha value is -2.98. The lowest BCUT2D eigenvalue weighted by Gasteiger charge is -2.14. The summed E-state index contributed by atoms with van der Waals surface area (Å²) in [5.74, 6) is 1.25. The summed E-state index contributed by atoms with van der Waals surface area (Å²) in [5, 5.41) is 0. The first kappa shape index (κ1) is 22.7. The molecule has 2 aromatic rings. The molecule has 1 aliphatic rings. The van der Waals surface area contributed by atoms with E-state index in [4.69, 9.17) is 17.8 Å². The van der Waals surface area contributed by atoms with Crippen LogP contribution in [-0.2, 0) is 33.1 Å². The first-order valence-electron chi connectivity index (χ1n) is 9.06. The molecule has 0 atom stereocenters. The average Bonchev–Trinajstić information content (AvgIpc) is 3.09. The predicted octanol–water partition coefficient (Wildman–Crippen LogP) is 2.99. The highest BCUT2D eigenvalue weighted by atomic mass is 32.2. The summed E-state index contributed by atoms with van der Waals surface area (Å²) in [6, 6.07) is 9.76. The van der Waals surface area contributed by atoms with Crippen molar-refractivity contribution in [3.05, 3.63) is 71.8 Å². The second-order valence-corrected chi connectivity index (χ2v) is 10.2. The summed E-state index contributed by atoms with van der Waals surface area (Å²) in [6.45, 7) is 8.31. The number of hydrogen-bond donors (Lipinski definition) is 0.